The lowest BCUT2D eigenvalue weighted by Gasteiger charge is -2.16. The lowest BCUT2D eigenvalue weighted by atomic mass is 10.0. The molecule has 1 heterocycles. The Kier molecular flexibility index (Phi) is 5.73. The van der Waals surface area contributed by atoms with Gasteiger partial charge in [0.15, 0.2) is 0 Å². The molecule has 0 saturated carbocycles. The Morgan fingerprint density at radius 2 is 1.92 bits per heavy atom. The fourth-order valence-electron chi connectivity index (χ4n) is 2.51. The molecule has 6 heteroatoms. The molecule has 1 aromatic carbocycles. The van der Waals surface area contributed by atoms with Crippen molar-refractivity contribution in [1.29, 1.82) is 0 Å². The maximum absolute atomic E-state index is 12.4. The Balaban J connectivity index is 2.11. The van der Waals surface area contributed by atoms with E-state index in [0.717, 1.165) is 5.56 Å². The zero-order valence-electron chi connectivity index (χ0n) is 14.2. The van der Waals surface area contributed by atoms with Crippen molar-refractivity contribution in [2.24, 2.45) is 5.92 Å². The number of carbonyl (C=O) groups excluding carboxylic acids is 1. The van der Waals surface area contributed by atoms with E-state index >= 15 is 0 Å². The van der Waals surface area contributed by atoms with Gasteiger partial charge in [-0.2, -0.15) is 5.10 Å². The summed E-state index contributed by atoms with van der Waals surface area (Å²) in [6, 6.07) is 8.93. The van der Waals surface area contributed by atoms with Crippen LogP contribution in [0.25, 0.3) is 0 Å². The van der Waals surface area contributed by atoms with Crippen molar-refractivity contribution in [3.8, 4) is 0 Å². The molecule has 0 aliphatic carbocycles. The van der Waals surface area contributed by atoms with Crippen molar-refractivity contribution in [3.05, 3.63) is 53.3 Å². The molecule has 0 aliphatic rings. The Bertz CT molecular complexity index is 708. The van der Waals surface area contributed by atoms with Crippen molar-refractivity contribution >= 4 is 11.9 Å². The van der Waals surface area contributed by atoms with Crippen molar-refractivity contribution < 1.29 is 14.7 Å². The molecule has 2 rings (SSSR count). The molecule has 24 heavy (non-hydrogen) atoms. The van der Waals surface area contributed by atoms with E-state index in [2.05, 4.69) is 10.4 Å². The van der Waals surface area contributed by atoms with Gasteiger partial charge in [0.25, 0.3) is 5.91 Å². The van der Waals surface area contributed by atoms with E-state index in [1.54, 1.807) is 4.68 Å². The molecule has 0 aliphatic heterocycles. The summed E-state index contributed by atoms with van der Waals surface area (Å²) in [7, 11) is 0. The molecule has 0 bridgehead atoms. The summed E-state index contributed by atoms with van der Waals surface area (Å²) in [6.45, 7) is 6.22. The highest BCUT2D eigenvalue weighted by Crippen LogP contribution is 2.12. The topological polar surface area (TPSA) is 84.2 Å². The normalized spacial score (nSPS) is 12.2. The van der Waals surface area contributed by atoms with Crippen LogP contribution in [0.3, 0.4) is 0 Å². The Labute approximate surface area is 141 Å². The summed E-state index contributed by atoms with van der Waals surface area (Å²) in [5.41, 5.74) is 2.20. The molecule has 6 nitrogen and oxygen atoms in total. The zero-order valence-corrected chi connectivity index (χ0v) is 14.2. The van der Waals surface area contributed by atoms with Crippen LogP contribution in [0.2, 0.25) is 0 Å². The van der Waals surface area contributed by atoms with Crippen molar-refractivity contribution in [1.82, 2.24) is 15.1 Å². The van der Waals surface area contributed by atoms with E-state index in [1.807, 2.05) is 51.1 Å². The first-order valence-corrected chi connectivity index (χ1v) is 7.98. The standard InChI is InChI=1S/C18H23N3O3/c1-12(2)9-16(18(23)24)20-17(22)15-10-19-21(13(15)3)11-14-7-5-4-6-8-14/h4-8,10,12,16H,9,11H2,1-3H3,(H,20,22)(H,23,24)/t16-/m1/s1. The first-order chi connectivity index (χ1) is 11.4. The first-order valence-electron chi connectivity index (χ1n) is 7.98. The first kappa shape index (κ1) is 17.7. The molecule has 0 saturated heterocycles. The second kappa shape index (κ2) is 7.77. The molecule has 1 amide bonds. The van der Waals surface area contributed by atoms with Gasteiger partial charge < -0.3 is 10.4 Å². The molecule has 1 atom stereocenters. The highest BCUT2D eigenvalue weighted by molar-refractivity contribution is 5.97. The minimum atomic E-state index is -1.02. The number of benzene rings is 1. The number of carboxylic acids is 1. The van der Waals surface area contributed by atoms with Crippen LogP contribution in [-0.4, -0.2) is 32.8 Å². The fourth-order valence-corrected chi connectivity index (χ4v) is 2.51. The van der Waals surface area contributed by atoms with E-state index in [4.69, 9.17) is 0 Å². The maximum Gasteiger partial charge on any atom is 0.326 e. The van der Waals surface area contributed by atoms with E-state index in [0.29, 0.717) is 24.2 Å². The van der Waals surface area contributed by atoms with Gasteiger partial charge in [-0.3, -0.25) is 9.48 Å². The molecule has 0 fully saturated rings. The summed E-state index contributed by atoms with van der Waals surface area (Å²) in [5.74, 6) is -1.25. The quantitative estimate of drug-likeness (QED) is 0.817. The van der Waals surface area contributed by atoms with Crippen LogP contribution < -0.4 is 5.32 Å². The Hall–Kier alpha value is -2.63. The monoisotopic (exact) mass is 329 g/mol. The maximum atomic E-state index is 12.4. The number of aromatic nitrogens is 2. The summed E-state index contributed by atoms with van der Waals surface area (Å²) in [6.07, 6.45) is 1.88. The van der Waals surface area contributed by atoms with Gasteiger partial charge in [-0.25, -0.2) is 4.79 Å². The molecule has 0 radical (unpaired) electrons. The molecule has 2 aromatic rings. The predicted octanol–water partition coefficient (Wildman–Crippen LogP) is 2.47. The average molecular weight is 329 g/mol. The lowest BCUT2D eigenvalue weighted by molar-refractivity contribution is -0.139. The van der Waals surface area contributed by atoms with Crippen LogP contribution in [0.15, 0.2) is 36.5 Å². The Morgan fingerprint density at radius 3 is 2.50 bits per heavy atom. The van der Waals surface area contributed by atoms with Crippen LogP contribution in [0.4, 0.5) is 0 Å². The van der Waals surface area contributed by atoms with Crippen LogP contribution in [-0.2, 0) is 11.3 Å². The highest BCUT2D eigenvalue weighted by atomic mass is 16.4. The van der Waals surface area contributed by atoms with Crippen LogP contribution >= 0.6 is 0 Å². The number of rotatable bonds is 7. The van der Waals surface area contributed by atoms with E-state index in [-0.39, 0.29) is 5.92 Å². The van der Waals surface area contributed by atoms with Crippen molar-refractivity contribution in [2.75, 3.05) is 0 Å². The van der Waals surface area contributed by atoms with Gasteiger partial charge in [0.1, 0.15) is 6.04 Å². The number of carbonyl (C=O) groups is 2. The predicted molar refractivity (Wildman–Crippen MR) is 90.9 cm³/mol. The third-order valence-corrected chi connectivity index (χ3v) is 3.83. The number of hydrogen-bond acceptors (Lipinski definition) is 3. The molecule has 2 N–H and O–H groups in total. The third-order valence-electron chi connectivity index (χ3n) is 3.83. The summed E-state index contributed by atoms with van der Waals surface area (Å²) < 4.78 is 1.74. The van der Waals surface area contributed by atoms with E-state index in [9.17, 15) is 14.7 Å². The van der Waals surface area contributed by atoms with Gasteiger partial charge in [-0.05, 0) is 24.8 Å². The van der Waals surface area contributed by atoms with E-state index < -0.39 is 17.9 Å². The van der Waals surface area contributed by atoms with Crippen LogP contribution in [0.1, 0.15) is 41.9 Å². The summed E-state index contributed by atoms with van der Waals surface area (Å²) >= 11 is 0. The number of nitrogens with zero attached hydrogens (tertiary/aromatic N) is 2. The van der Waals surface area contributed by atoms with E-state index in [1.165, 1.54) is 6.20 Å². The zero-order chi connectivity index (χ0) is 17.7. The number of hydrogen-bond donors (Lipinski definition) is 2. The van der Waals surface area contributed by atoms with Crippen LogP contribution in [0.5, 0.6) is 0 Å². The minimum absolute atomic E-state index is 0.174. The minimum Gasteiger partial charge on any atom is -0.480 e. The average Bonchev–Trinajstić information content (AvgIpc) is 2.88. The van der Waals surface area contributed by atoms with Gasteiger partial charge in [0.2, 0.25) is 0 Å². The number of nitrogens with one attached hydrogen (secondary N) is 1. The van der Waals surface area contributed by atoms with Gasteiger partial charge >= 0.3 is 5.97 Å². The molecular formula is C18H23N3O3. The largest absolute Gasteiger partial charge is 0.480 e. The molecule has 1 aromatic heterocycles. The molecule has 128 valence electrons. The number of aliphatic carboxylic acids is 1. The fraction of sp³-hybridized carbons (Fsp3) is 0.389. The van der Waals surface area contributed by atoms with Gasteiger partial charge in [0.05, 0.1) is 18.3 Å². The SMILES string of the molecule is Cc1c(C(=O)N[C@H](CC(C)C)C(=O)O)cnn1Cc1ccccc1. The third kappa shape index (κ3) is 4.44. The number of amides is 1. The smallest absolute Gasteiger partial charge is 0.326 e. The summed E-state index contributed by atoms with van der Waals surface area (Å²) in [4.78, 5) is 23.7. The summed E-state index contributed by atoms with van der Waals surface area (Å²) in [5, 5.41) is 16.1. The molecule has 0 unspecified atom stereocenters. The number of carboxylic acid groups (broad SMARTS) is 1. The van der Waals surface area contributed by atoms with Crippen molar-refractivity contribution in [2.45, 2.75) is 39.8 Å². The second-order valence-corrected chi connectivity index (χ2v) is 6.28. The lowest BCUT2D eigenvalue weighted by Crippen LogP contribution is -2.41. The van der Waals surface area contributed by atoms with Gasteiger partial charge in [-0.1, -0.05) is 44.2 Å². The molecular weight excluding hydrogens is 306 g/mol. The van der Waals surface area contributed by atoms with Crippen LogP contribution in [0, 0.1) is 12.8 Å². The van der Waals surface area contributed by atoms with Crippen molar-refractivity contribution in [3.63, 3.8) is 0 Å². The Morgan fingerprint density at radius 1 is 1.25 bits per heavy atom. The highest BCUT2D eigenvalue weighted by Gasteiger charge is 2.23. The second-order valence-electron chi connectivity index (χ2n) is 6.28. The van der Waals surface area contributed by atoms with Gasteiger partial charge in [0, 0.05) is 5.69 Å². The van der Waals surface area contributed by atoms with Gasteiger partial charge in [-0.15, -0.1) is 0 Å². The molecule has 0 spiro atoms.